The van der Waals surface area contributed by atoms with E-state index in [1.165, 1.54) is 0 Å². The van der Waals surface area contributed by atoms with Gasteiger partial charge < -0.3 is 0 Å². The molecular formula is C12H7O. The standard InChI is InChI=1S/C12H7O/c13-11-7-9-5-1-3-8-4-2-6-10(11)12(8)9/h1-7H. The highest BCUT2D eigenvalue weighted by Gasteiger charge is 2.15. The molecule has 1 aliphatic rings. The average Bonchev–Trinajstić information content (AvgIpc) is 2.47. The topological polar surface area (TPSA) is 19.9 Å². The van der Waals surface area contributed by atoms with Crippen molar-refractivity contribution in [2.24, 2.45) is 0 Å². The van der Waals surface area contributed by atoms with Crippen LogP contribution < -0.4 is 0 Å². The molecule has 1 nitrogen and oxygen atoms in total. The molecule has 0 unspecified atom stereocenters. The third kappa shape index (κ3) is 0.760. The van der Waals surface area contributed by atoms with Crippen molar-refractivity contribution >= 4 is 22.6 Å². The molecule has 13 heavy (non-hydrogen) atoms. The summed E-state index contributed by atoms with van der Waals surface area (Å²) in [5.74, 6) is 0.131. The van der Waals surface area contributed by atoms with Gasteiger partial charge >= 0.3 is 0 Å². The third-order valence-corrected chi connectivity index (χ3v) is 2.49. The Kier molecular flexibility index (Phi) is 1.10. The van der Waals surface area contributed by atoms with Crippen LogP contribution in [0.2, 0.25) is 0 Å². The molecule has 0 N–H and O–H groups in total. The van der Waals surface area contributed by atoms with E-state index in [1.54, 1.807) is 6.08 Å². The summed E-state index contributed by atoms with van der Waals surface area (Å²) in [6.45, 7) is 0. The van der Waals surface area contributed by atoms with E-state index in [-0.39, 0.29) is 5.76 Å². The van der Waals surface area contributed by atoms with Gasteiger partial charge in [-0.05, 0) is 17.0 Å². The molecule has 1 aliphatic carbocycles. The zero-order valence-electron chi connectivity index (χ0n) is 6.95. The largest absolute Gasteiger partial charge is 0.289 e. The van der Waals surface area contributed by atoms with Crippen molar-refractivity contribution < 1.29 is 5.11 Å². The molecule has 0 bridgehead atoms. The van der Waals surface area contributed by atoms with Gasteiger partial charge in [-0.15, -0.1) is 0 Å². The maximum Gasteiger partial charge on any atom is 0.187 e. The molecule has 61 valence electrons. The number of benzene rings is 2. The van der Waals surface area contributed by atoms with E-state index >= 15 is 0 Å². The van der Waals surface area contributed by atoms with Crippen molar-refractivity contribution in [1.29, 1.82) is 0 Å². The van der Waals surface area contributed by atoms with E-state index in [0.717, 1.165) is 21.9 Å². The lowest BCUT2D eigenvalue weighted by molar-refractivity contribution is 0.393. The van der Waals surface area contributed by atoms with Crippen molar-refractivity contribution in [3.05, 3.63) is 47.5 Å². The Bertz CT molecular complexity index is 518. The first-order chi connectivity index (χ1) is 6.36. The fourth-order valence-corrected chi connectivity index (χ4v) is 1.91. The van der Waals surface area contributed by atoms with Crippen molar-refractivity contribution in [2.75, 3.05) is 0 Å². The molecule has 0 atom stereocenters. The van der Waals surface area contributed by atoms with Crippen LogP contribution >= 0.6 is 0 Å². The molecule has 0 amide bonds. The van der Waals surface area contributed by atoms with E-state index in [2.05, 4.69) is 0 Å². The van der Waals surface area contributed by atoms with Crippen LogP contribution in [0.25, 0.3) is 22.6 Å². The second kappa shape index (κ2) is 2.13. The molecule has 2 aromatic carbocycles. The van der Waals surface area contributed by atoms with Gasteiger partial charge in [0, 0.05) is 10.9 Å². The lowest BCUT2D eigenvalue weighted by atomic mass is 10.0. The molecule has 1 heteroatoms. The lowest BCUT2D eigenvalue weighted by Crippen LogP contribution is -1.78. The predicted molar refractivity (Wildman–Crippen MR) is 52.5 cm³/mol. The summed E-state index contributed by atoms with van der Waals surface area (Å²) in [6, 6.07) is 11.9. The van der Waals surface area contributed by atoms with Gasteiger partial charge in [0.05, 0.1) is 0 Å². The lowest BCUT2D eigenvalue weighted by Gasteiger charge is -1.99. The predicted octanol–water partition coefficient (Wildman–Crippen LogP) is 3.08. The van der Waals surface area contributed by atoms with Crippen LogP contribution in [-0.4, -0.2) is 0 Å². The minimum absolute atomic E-state index is 0.131. The molecule has 2 aromatic rings. The summed E-state index contributed by atoms with van der Waals surface area (Å²) in [5.41, 5.74) is 1.89. The van der Waals surface area contributed by atoms with E-state index in [1.807, 2.05) is 36.4 Å². The first-order valence-corrected chi connectivity index (χ1v) is 4.27. The Balaban J connectivity index is 2.59. The van der Waals surface area contributed by atoms with Gasteiger partial charge in [0.25, 0.3) is 0 Å². The van der Waals surface area contributed by atoms with Crippen molar-refractivity contribution in [3.63, 3.8) is 0 Å². The highest BCUT2D eigenvalue weighted by molar-refractivity contribution is 6.07. The molecular weight excluding hydrogens is 160 g/mol. The van der Waals surface area contributed by atoms with Crippen molar-refractivity contribution in [2.45, 2.75) is 0 Å². The zero-order valence-corrected chi connectivity index (χ0v) is 6.95. The summed E-state index contributed by atoms with van der Waals surface area (Å²) in [6.07, 6.45) is 1.71. The van der Waals surface area contributed by atoms with Crippen LogP contribution in [-0.2, 0) is 5.11 Å². The molecule has 0 spiro atoms. The summed E-state index contributed by atoms with van der Waals surface area (Å²) >= 11 is 0. The van der Waals surface area contributed by atoms with Crippen LogP contribution in [0.1, 0.15) is 11.1 Å². The first-order valence-electron chi connectivity index (χ1n) is 4.27. The van der Waals surface area contributed by atoms with Crippen molar-refractivity contribution in [1.82, 2.24) is 0 Å². The molecule has 0 aromatic heterocycles. The number of rotatable bonds is 0. The number of hydrogen-bond acceptors (Lipinski definition) is 0. The fourth-order valence-electron chi connectivity index (χ4n) is 1.91. The molecule has 0 saturated heterocycles. The van der Waals surface area contributed by atoms with Gasteiger partial charge in [-0.25, -0.2) is 0 Å². The second-order valence-electron chi connectivity index (χ2n) is 3.26. The summed E-state index contributed by atoms with van der Waals surface area (Å²) in [4.78, 5) is 0. The fraction of sp³-hybridized carbons (Fsp3) is 0. The monoisotopic (exact) mass is 167 g/mol. The Morgan fingerprint density at radius 3 is 2.54 bits per heavy atom. The van der Waals surface area contributed by atoms with E-state index < -0.39 is 0 Å². The Hall–Kier alpha value is -1.76. The maximum absolute atomic E-state index is 11.5. The minimum atomic E-state index is 0.131. The molecule has 0 heterocycles. The SMILES string of the molecule is [O]C1=Cc2cccc3cccc1c23. The van der Waals surface area contributed by atoms with Crippen molar-refractivity contribution in [3.8, 4) is 0 Å². The maximum atomic E-state index is 11.5. The number of hydrogen-bond donors (Lipinski definition) is 0. The highest BCUT2D eigenvalue weighted by Crippen LogP contribution is 2.34. The minimum Gasteiger partial charge on any atom is -0.289 e. The molecule has 0 saturated carbocycles. The van der Waals surface area contributed by atoms with E-state index in [0.29, 0.717) is 0 Å². The van der Waals surface area contributed by atoms with Crippen LogP contribution in [0, 0.1) is 0 Å². The summed E-state index contributed by atoms with van der Waals surface area (Å²) < 4.78 is 0. The molecule has 0 aliphatic heterocycles. The van der Waals surface area contributed by atoms with Gasteiger partial charge in [-0.2, -0.15) is 0 Å². The molecule has 0 fully saturated rings. The second-order valence-corrected chi connectivity index (χ2v) is 3.26. The van der Waals surface area contributed by atoms with Gasteiger partial charge in [0.1, 0.15) is 0 Å². The van der Waals surface area contributed by atoms with Gasteiger partial charge in [0.15, 0.2) is 5.76 Å². The summed E-state index contributed by atoms with van der Waals surface area (Å²) in [5, 5.41) is 13.7. The quantitative estimate of drug-likeness (QED) is 0.574. The Labute approximate surface area is 75.9 Å². The van der Waals surface area contributed by atoms with Gasteiger partial charge in [-0.3, -0.25) is 5.11 Å². The zero-order chi connectivity index (χ0) is 8.84. The first kappa shape index (κ1) is 6.72. The third-order valence-electron chi connectivity index (χ3n) is 2.49. The Morgan fingerprint density at radius 1 is 0.923 bits per heavy atom. The van der Waals surface area contributed by atoms with Gasteiger partial charge in [-0.1, -0.05) is 36.4 Å². The average molecular weight is 167 g/mol. The van der Waals surface area contributed by atoms with E-state index in [9.17, 15) is 5.11 Å². The van der Waals surface area contributed by atoms with Crippen LogP contribution in [0.4, 0.5) is 0 Å². The van der Waals surface area contributed by atoms with Crippen LogP contribution in [0.5, 0.6) is 0 Å². The normalized spacial score (nSPS) is 13.4. The molecule has 3 rings (SSSR count). The van der Waals surface area contributed by atoms with E-state index in [4.69, 9.17) is 0 Å². The van der Waals surface area contributed by atoms with Crippen LogP contribution in [0.15, 0.2) is 36.4 Å². The Morgan fingerprint density at radius 2 is 1.69 bits per heavy atom. The summed E-state index contributed by atoms with van der Waals surface area (Å²) in [7, 11) is 0. The van der Waals surface area contributed by atoms with Gasteiger partial charge in [0.2, 0.25) is 0 Å². The molecule has 1 radical (unpaired) electrons. The highest BCUT2D eigenvalue weighted by atomic mass is 16.3. The smallest absolute Gasteiger partial charge is 0.187 e. The van der Waals surface area contributed by atoms with Crippen LogP contribution in [0.3, 0.4) is 0 Å².